The Balaban J connectivity index is 2.32. The van der Waals surface area contributed by atoms with Crippen molar-refractivity contribution < 1.29 is 9.53 Å². The number of carbonyl (C=O) groups excluding carboxylic acids is 1. The molecule has 0 aliphatic carbocycles. The van der Waals surface area contributed by atoms with Crippen molar-refractivity contribution in [2.45, 2.75) is 13.0 Å². The molecule has 0 unspecified atom stereocenters. The van der Waals surface area contributed by atoms with E-state index in [0.717, 1.165) is 5.56 Å². The Hall–Kier alpha value is -1.42. The molecule has 1 rings (SSSR count). The van der Waals surface area contributed by atoms with Gasteiger partial charge < -0.3 is 10.1 Å². The fraction of sp³-hybridized carbons (Fsp3) is 0.273. The first kappa shape index (κ1) is 11.7. The van der Waals surface area contributed by atoms with E-state index in [1.54, 1.807) is 0 Å². The van der Waals surface area contributed by atoms with Crippen LogP contribution in [0.4, 0.5) is 0 Å². The lowest BCUT2D eigenvalue weighted by atomic mass is 10.2. The number of hydrogen-bond acceptors (Lipinski definition) is 3. The third kappa shape index (κ3) is 4.56. The van der Waals surface area contributed by atoms with Crippen LogP contribution in [0.5, 0.6) is 0 Å². The summed E-state index contributed by atoms with van der Waals surface area (Å²) >= 11 is 4.98. The van der Waals surface area contributed by atoms with Gasteiger partial charge in [-0.1, -0.05) is 42.5 Å². The Labute approximate surface area is 94.4 Å². The van der Waals surface area contributed by atoms with Crippen molar-refractivity contribution in [3.8, 4) is 0 Å². The monoisotopic (exact) mass is 223 g/mol. The highest BCUT2D eigenvalue weighted by Crippen LogP contribution is 1.98. The molecule has 0 radical (unpaired) electrons. The van der Waals surface area contributed by atoms with Gasteiger partial charge in [-0.2, -0.15) is 0 Å². The van der Waals surface area contributed by atoms with Crippen molar-refractivity contribution in [1.29, 1.82) is 0 Å². The number of carbonyl (C=O) groups is 1. The van der Waals surface area contributed by atoms with Gasteiger partial charge in [-0.15, -0.1) is 0 Å². The molecule has 0 saturated heterocycles. The first-order valence-electron chi connectivity index (χ1n) is 4.60. The summed E-state index contributed by atoms with van der Waals surface area (Å²) in [5.41, 5.74) is 1.13. The predicted octanol–water partition coefficient (Wildman–Crippen LogP) is 1.67. The maximum atomic E-state index is 10.9. The fourth-order valence-electron chi connectivity index (χ4n) is 1.06. The van der Waals surface area contributed by atoms with Gasteiger partial charge in [-0.05, 0) is 5.56 Å². The zero-order chi connectivity index (χ0) is 11.1. The molecule has 0 fully saturated rings. The third-order valence-electron chi connectivity index (χ3n) is 1.87. The molecule has 0 saturated carbocycles. The molecule has 0 bridgehead atoms. The Morgan fingerprint density at radius 1 is 1.40 bits per heavy atom. The van der Waals surface area contributed by atoms with Crippen LogP contribution in [0.15, 0.2) is 30.3 Å². The van der Waals surface area contributed by atoms with E-state index in [1.807, 2.05) is 30.3 Å². The van der Waals surface area contributed by atoms with Crippen molar-refractivity contribution in [1.82, 2.24) is 5.32 Å². The molecule has 15 heavy (non-hydrogen) atoms. The van der Waals surface area contributed by atoms with Crippen molar-refractivity contribution in [2.24, 2.45) is 0 Å². The van der Waals surface area contributed by atoms with E-state index in [-0.39, 0.29) is 12.4 Å². The molecule has 80 valence electrons. The summed E-state index contributed by atoms with van der Waals surface area (Å²) in [6, 6.07) is 9.86. The molecular formula is C11H13NO2S. The average molecular weight is 223 g/mol. The summed E-state index contributed by atoms with van der Waals surface area (Å²) in [7, 11) is 1.35. The molecule has 4 heteroatoms. The lowest BCUT2D eigenvalue weighted by Gasteiger charge is -2.06. The summed E-state index contributed by atoms with van der Waals surface area (Å²) in [5.74, 6) is -0.319. The highest BCUT2D eigenvalue weighted by molar-refractivity contribution is 7.80. The third-order valence-corrected chi connectivity index (χ3v) is 2.15. The molecule has 0 aromatic heterocycles. The fourth-order valence-corrected chi connectivity index (χ4v) is 1.25. The van der Waals surface area contributed by atoms with Crippen molar-refractivity contribution in [2.75, 3.05) is 7.11 Å². The van der Waals surface area contributed by atoms with E-state index in [2.05, 4.69) is 10.1 Å². The maximum absolute atomic E-state index is 10.9. The normalized spacial score (nSPS) is 9.40. The number of benzene rings is 1. The zero-order valence-corrected chi connectivity index (χ0v) is 9.34. The van der Waals surface area contributed by atoms with Crippen molar-refractivity contribution in [3.05, 3.63) is 35.9 Å². The summed E-state index contributed by atoms with van der Waals surface area (Å²) in [4.78, 5) is 11.4. The largest absolute Gasteiger partial charge is 0.469 e. The zero-order valence-electron chi connectivity index (χ0n) is 8.53. The summed E-state index contributed by atoms with van der Waals surface area (Å²) < 4.78 is 4.51. The highest BCUT2D eigenvalue weighted by atomic mass is 32.1. The SMILES string of the molecule is COC(=O)CC(=S)NCc1ccccc1. The van der Waals surface area contributed by atoms with Gasteiger partial charge in [0.25, 0.3) is 0 Å². The van der Waals surface area contributed by atoms with Crippen LogP contribution in [0, 0.1) is 0 Å². The molecule has 0 aliphatic rings. The van der Waals surface area contributed by atoms with Crippen LogP contribution in [0.1, 0.15) is 12.0 Å². The van der Waals surface area contributed by atoms with Crippen LogP contribution in [0.3, 0.4) is 0 Å². The van der Waals surface area contributed by atoms with E-state index in [0.29, 0.717) is 11.5 Å². The molecule has 1 N–H and O–H groups in total. The van der Waals surface area contributed by atoms with E-state index >= 15 is 0 Å². The quantitative estimate of drug-likeness (QED) is 0.622. The first-order valence-corrected chi connectivity index (χ1v) is 5.00. The van der Waals surface area contributed by atoms with E-state index in [4.69, 9.17) is 12.2 Å². The van der Waals surface area contributed by atoms with Crippen LogP contribution in [0.25, 0.3) is 0 Å². The Morgan fingerprint density at radius 3 is 2.67 bits per heavy atom. The second-order valence-corrected chi connectivity index (χ2v) is 3.51. The Kier molecular flexibility index (Phi) is 4.77. The van der Waals surface area contributed by atoms with Gasteiger partial charge in [-0.25, -0.2) is 0 Å². The van der Waals surface area contributed by atoms with Gasteiger partial charge in [0, 0.05) is 6.54 Å². The molecule has 3 nitrogen and oxygen atoms in total. The lowest BCUT2D eigenvalue weighted by molar-refractivity contribution is -0.139. The molecular weight excluding hydrogens is 210 g/mol. The molecule has 0 amide bonds. The van der Waals surface area contributed by atoms with Gasteiger partial charge in [0.2, 0.25) is 0 Å². The number of methoxy groups -OCH3 is 1. The number of hydrogen-bond donors (Lipinski definition) is 1. The van der Waals surface area contributed by atoms with Crippen molar-refractivity contribution in [3.63, 3.8) is 0 Å². The number of thiocarbonyl (C=S) groups is 1. The van der Waals surface area contributed by atoms with Gasteiger partial charge in [-0.3, -0.25) is 4.79 Å². The minimum absolute atomic E-state index is 0.138. The van der Waals surface area contributed by atoms with Gasteiger partial charge in [0.15, 0.2) is 0 Å². The molecule has 0 aliphatic heterocycles. The van der Waals surface area contributed by atoms with Crippen LogP contribution < -0.4 is 5.32 Å². The standard InChI is InChI=1S/C11H13NO2S/c1-14-11(13)7-10(15)12-8-9-5-3-2-4-6-9/h2-6H,7-8H2,1H3,(H,12,15). The van der Waals surface area contributed by atoms with Gasteiger partial charge in [0.05, 0.1) is 18.5 Å². The highest BCUT2D eigenvalue weighted by Gasteiger charge is 2.04. The molecule has 0 atom stereocenters. The minimum Gasteiger partial charge on any atom is -0.469 e. The topological polar surface area (TPSA) is 38.3 Å². The van der Waals surface area contributed by atoms with Gasteiger partial charge in [0.1, 0.15) is 0 Å². The summed E-state index contributed by atoms with van der Waals surface area (Å²) in [5, 5.41) is 2.99. The van der Waals surface area contributed by atoms with E-state index in [1.165, 1.54) is 7.11 Å². The predicted molar refractivity (Wildman–Crippen MR) is 62.5 cm³/mol. The van der Waals surface area contributed by atoms with Gasteiger partial charge >= 0.3 is 5.97 Å². The Bertz CT molecular complexity index is 338. The number of nitrogens with one attached hydrogen (secondary N) is 1. The number of rotatable bonds is 4. The van der Waals surface area contributed by atoms with E-state index in [9.17, 15) is 4.79 Å². The number of esters is 1. The summed E-state index contributed by atoms with van der Waals surface area (Å²) in [6.45, 7) is 0.636. The van der Waals surface area contributed by atoms with Crippen LogP contribution in [0.2, 0.25) is 0 Å². The van der Waals surface area contributed by atoms with Crippen LogP contribution >= 0.6 is 12.2 Å². The molecule has 1 aromatic rings. The minimum atomic E-state index is -0.319. The molecule has 1 aromatic carbocycles. The lowest BCUT2D eigenvalue weighted by Crippen LogP contribution is -2.23. The smallest absolute Gasteiger partial charge is 0.312 e. The molecule has 0 spiro atoms. The second kappa shape index (κ2) is 6.14. The summed E-state index contributed by atoms with van der Waals surface area (Å²) in [6.07, 6.45) is 0.138. The Morgan fingerprint density at radius 2 is 2.07 bits per heavy atom. The number of ether oxygens (including phenoxy) is 1. The van der Waals surface area contributed by atoms with Crippen molar-refractivity contribution >= 4 is 23.2 Å². The maximum Gasteiger partial charge on any atom is 0.312 e. The molecule has 0 heterocycles. The van der Waals surface area contributed by atoms with E-state index < -0.39 is 0 Å². The van der Waals surface area contributed by atoms with Crippen LogP contribution in [-0.4, -0.2) is 18.1 Å². The first-order chi connectivity index (χ1) is 7.22. The second-order valence-electron chi connectivity index (χ2n) is 3.02. The average Bonchev–Trinajstić information content (AvgIpc) is 2.27. The van der Waals surface area contributed by atoms with Crippen LogP contribution in [-0.2, 0) is 16.1 Å².